The fourth-order valence-corrected chi connectivity index (χ4v) is 19.0. The van der Waals surface area contributed by atoms with Crippen LogP contribution in [0.1, 0.15) is 86.7 Å². The van der Waals surface area contributed by atoms with Crippen LogP contribution in [0.25, 0.3) is 0 Å². The lowest BCUT2D eigenvalue weighted by molar-refractivity contribution is 0.0129. The summed E-state index contributed by atoms with van der Waals surface area (Å²) in [5.41, 5.74) is 7.27. The van der Waals surface area contributed by atoms with Crippen LogP contribution in [0.4, 0.5) is 0 Å². The van der Waals surface area contributed by atoms with E-state index in [0.29, 0.717) is 0 Å². The second kappa shape index (κ2) is 11.6. The Morgan fingerprint density at radius 3 is 1.50 bits per heavy atom. The summed E-state index contributed by atoms with van der Waals surface area (Å²) in [7, 11) is 1.67. The number of benzene rings is 1. The SMILES string of the molecule is C[Si](C)(C)c1ccc(CP(C2C3CC4CC(C3)CC2C4)C2C3CC4CC(C3)CC2C4)c(C(P)(c2ccccn2)c2ccccn2)c1. The van der Waals surface area contributed by atoms with Gasteiger partial charge in [0.05, 0.1) is 24.6 Å². The highest BCUT2D eigenvalue weighted by Gasteiger charge is 2.57. The molecule has 11 rings (SSSR count). The molecule has 2 nitrogen and oxygen atoms in total. The molecule has 1 aromatic carbocycles. The van der Waals surface area contributed by atoms with Gasteiger partial charge in [0.25, 0.3) is 0 Å². The van der Waals surface area contributed by atoms with E-state index in [2.05, 4.69) is 83.5 Å². The summed E-state index contributed by atoms with van der Waals surface area (Å²) >= 11 is 0. The predicted molar refractivity (Wildman–Crippen MR) is 200 cm³/mol. The highest BCUT2D eigenvalue weighted by molar-refractivity contribution is 7.58. The average Bonchev–Trinajstić information content (AvgIpc) is 3.04. The molecule has 1 unspecified atom stereocenters. The van der Waals surface area contributed by atoms with Crippen LogP contribution >= 0.6 is 17.2 Å². The highest BCUT2D eigenvalue weighted by Crippen LogP contribution is 2.72. The van der Waals surface area contributed by atoms with Crippen LogP contribution < -0.4 is 5.19 Å². The Balaban J connectivity index is 1.20. The molecule has 0 amide bonds. The molecule has 8 aliphatic carbocycles. The van der Waals surface area contributed by atoms with Crippen LogP contribution in [-0.2, 0) is 11.3 Å². The third-order valence-electron chi connectivity index (χ3n) is 14.0. The maximum Gasteiger partial charge on any atom is 0.0935 e. The minimum absolute atomic E-state index is 0.114. The van der Waals surface area contributed by atoms with E-state index in [-0.39, 0.29) is 7.92 Å². The van der Waals surface area contributed by atoms with Crippen molar-refractivity contribution in [1.82, 2.24) is 9.97 Å². The van der Waals surface area contributed by atoms with Crippen LogP contribution in [-0.4, -0.2) is 29.4 Å². The van der Waals surface area contributed by atoms with Crippen LogP contribution in [0.3, 0.4) is 0 Å². The van der Waals surface area contributed by atoms with Crippen molar-refractivity contribution in [3.8, 4) is 0 Å². The average molecular weight is 665 g/mol. The molecule has 0 N–H and O–H groups in total. The van der Waals surface area contributed by atoms with E-state index in [4.69, 9.17) is 9.97 Å². The number of pyridine rings is 2. The first kappa shape index (κ1) is 30.6. The zero-order valence-electron chi connectivity index (χ0n) is 28.3. The smallest absolute Gasteiger partial charge is 0.0935 e. The Morgan fingerprint density at radius 2 is 1.11 bits per heavy atom. The topological polar surface area (TPSA) is 25.8 Å². The lowest BCUT2D eigenvalue weighted by Crippen LogP contribution is -2.52. The van der Waals surface area contributed by atoms with Crippen molar-refractivity contribution >= 4 is 30.4 Å². The van der Waals surface area contributed by atoms with Gasteiger partial charge in [-0.05, 0) is 164 Å². The standard InChI is InChI=1S/C41H54N2P2Si/c1-46(2,3)35-11-10-30(36(24-35)41(44,37-8-4-6-12-42-37)38-9-5-7-13-43-38)25-45(39-31-16-26-14-27(18-31)19-32(39)17-26)40-33-20-28-15-29(22-33)23-34(40)21-28/h4-13,24,26-29,31-34,39-40H,14-23,25,44H2,1-3H3. The van der Waals surface area contributed by atoms with Crippen LogP contribution in [0, 0.1) is 47.3 Å². The van der Waals surface area contributed by atoms with Crippen molar-refractivity contribution in [1.29, 1.82) is 0 Å². The second-order valence-corrected chi connectivity index (χ2v) is 26.4. The zero-order chi connectivity index (χ0) is 31.2. The molecule has 0 radical (unpaired) electrons. The molecule has 46 heavy (non-hydrogen) atoms. The predicted octanol–water partition coefficient (Wildman–Crippen LogP) is 9.82. The molecule has 5 heteroatoms. The monoisotopic (exact) mass is 664 g/mol. The third-order valence-corrected chi connectivity index (χ3v) is 20.9. The van der Waals surface area contributed by atoms with Crippen LogP contribution in [0.5, 0.6) is 0 Å². The third kappa shape index (κ3) is 5.15. The van der Waals surface area contributed by atoms with Crippen molar-refractivity contribution in [2.24, 2.45) is 47.3 Å². The molecule has 2 heterocycles. The summed E-state index contributed by atoms with van der Waals surface area (Å²) < 4.78 is 0. The number of hydrogen-bond acceptors (Lipinski definition) is 2. The van der Waals surface area contributed by atoms with Crippen LogP contribution in [0.15, 0.2) is 67.0 Å². The molecular weight excluding hydrogens is 610 g/mol. The highest BCUT2D eigenvalue weighted by atomic mass is 31.1. The Hall–Kier alpha value is -1.40. The Kier molecular flexibility index (Phi) is 7.72. The molecule has 1 atom stereocenters. The summed E-state index contributed by atoms with van der Waals surface area (Å²) in [6, 6.07) is 20.7. The van der Waals surface area contributed by atoms with Gasteiger partial charge in [0, 0.05) is 12.4 Å². The molecular formula is C41H54N2P2Si. The molecule has 8 saturated carbocycles. The van der Waals surface area contributed by atoms with E-state index >= 15 is 0 Å². The second-order valence-electron chi connectivity index (χ2n) is 17.9. The maximum absolute atomic E-state index is 5.07. The van der Waals surface area contributed by atoms with Crippen molar-refractivity contribution in [3.63, 3.8) is 0 Å². The number of nitrogens with zero attached hydrogens (tertiary/aromatic N) is 2. The quantitative estimate of drug-likeness (QED) is 0.177. The molecule has 0 saturated heterocycles. The van der Waals surface area contributed by atoms with Crippen molar-refractivity contribution < 1.29 is 0 Å². The first-order valence-electron chi connectivity index (χ1n) is 18.8. The van der Waals surface area contributed by atoms with E-state index in [1.807, 2.05) is 12.4 Å². The lowest BCUT2D eigenvalue weighted by atomic mass is 9.55. The van der Waals surface area contributed by atoms with E-state index in [0.717, 1.165) is 70.0 Å². The van der Waals surface area contributed by atoms with Crippen LogP contribution in [0.2, 0.25) is 19.6 Å². The maximum atomic E-state index is 5.07. The molecule has 242 valence electrons. The van der Waals surface area contributed by atoms with Gasteiger partial charge in [-0.15, -0.1) is 9.24 Å². The molecule has 8 bridgehead atoms. The molecule has 0 spiro atoms. The molecule has 2 aromatic heterocycles. The number of aromatic nitrogens is 2. The van der Waals surface area contributed by atoms with Gasteiger partial charge in [-0.2, -0.15) is 0 Å². The van der Waals surface area contributed by atoms with Crippen molar-refractivity contribution in [3.05, 3.63) is 89.5 Å². The normalized spacial score (nSPS) is 36.7. The first-order chi connectivity index (χ1) is 22.2. The number of hydrogen-bond donors (Lipinski definition) is 0. The lowest BCUT2D eigenvalue weighted by Gasteiger charge is -2.62. The summed E-state index contributed by atoms with van der Waals surface area (Å²) in [6.07, 6.45) is 20.8. The Bertz CT molecular complexity index is 1430. The van der Waals surface area contributed by atoms with E-state index in [1.165, 1.54) is 11.7 Å². The van der Waals surface area contributed by atoms with Gasteiger partial charge in [0.2, 0.25) is 0 Å². The van der Waals surface area contributed by atoms with Gasteiger partial charge in [0.1, 0.15) is 0 Å². The van der Waals surface area contributed by atoms with Gasteiger partial charge in [0.15, 0.2) is 0 Å². The number of rotatable bonds is 8. The van der Waals surface area contributed by atoms with Gasteiger partial charge in [-0.1, -0.05) is 63.1 Å². The van der Waals surface area contributed by atoms with E-state index in [1.54, 1.807) is 75.0 Å². The summed E-state index contributed by atoms with van der Waals surface area (Å²) in [5, 5.41) is 1.08. The zero-order valence-corrected chi connectivity index (χ0v) is 31.4. The minimum atomic E-state index is -1.56. The van der Waals surface area contributed by atoms with Gasteiger partial charge >= 0.3 is 0 Å². The minimum Gasteiger partial charge on any atom is -0.260 e. The van der Waals surface area contributed by atoms with Gasteiger partial charge in [-0.3, -0.25) is 9.97 Å². The van der Waals surface area contributed by atoms with Crippen molar-refractivity contribution in [2.45, 2.75) is 106 Å². The summed E-state index contributed by atoms with van der Waals surface area (Å²) in [6.45, 7) is 7.52. The fourth-order valence-electron chi connectivity index (χ4n) is 12.6. The fraction of sp³-hybridized carbons (Fsp3) is 0.610. The van der Waals surface area contributed by atoms with Gasteiger partial charge in [-0.25, -0.2) is 0 Å². The summed E-state index contributed by atoms with van der Waals surface area (Å²) in [4.78, 5) is 10.1. The largest absolute Gasteiger partial charge is 0.260 e. The molecule has 8 aliphatic rings. The van der Waals surface area contributed by atoms with E-state index < -0.39 is 13.2 Å². The molecule has 8 fully saturated rings. The molecule has 0 aliphatic heterocycles. The Labute approximate surface area is 282 Å². The van der Waals surface area contributed by atoms with E-state index in [9.17, 15) is 0 Å². The molecule has 3 aromatic rings. The van der Waals surface area contributed by atoms with Crippen molar-refractivity contribution in [2.75, 3.05) is 0 Å². The first-order valence-corrected chi connectivity index (χ1v) is 24.5. The summed E-state index contributed by atoms with van der Waals surface area (Å²) in [5.74, 6) is 8.24. The van der Waals surface area contributed by atoms with Gasteiger partial charge < -0.3 is 0 Å². The Morgan fingerprint density at radius 1 is 0.652 bits per heavy atom.